The Morgan fingerprint density at radius 3 is 1.93 bits per heavy atom. The molecule has 0 fully saturated rings. The molecule has 0 heterocycles. The first-order valence-electron chi connectivity index (χ1n) is 10.9. The molecule has 0 radical (unpaired) electrons. The Kier molecular flexibility index (Phi) is 11.5. The molecule has 0 aromatic heterocycles. The van der Waals surface area contributed by atoms with Crippen LogP contribution in [0.5, 0.6) is 5.75 Å². The topological polar surface area (TPSA) is 52.6 Å². The van der Waals surface area contributed by atoms with Crippen LogP contribution >= 0.6 is 0 Å². The standard InChI is InChI=1S/C23H33F3O4/c1-4-7-8-9-10-11-12-13-16-29-21(27)23(5-2,6-3)22(28)30-18-15-14-17(24)19(25)20(18)26/h14-15H,4-13,16H2,1-3H3. The SMILES string of the molecule is CCCCCCCCCCOC(=O)C(CC)(CC)C(=O)Oc1ccc(F)c(F)c1F. The second-order valence-electron chi connectivity index (χ2n) is 7.46. The van der Waals surface area contributed by atoms with Gasteiger partial charge >= 0.3 is 11.9 Å². The van der Waals surface area contributed by atoms with Gasteiger partial charge in [-0.3, -0.25) is 9.59 Å². The molecule has 0 aliphatic rings. The zero-order chi connectivity index (χ0) is 22.6. The molecule has 30 heavy (non-hydrogen) atoms. The van der Waals surface area contributed by atoms with E-state index >= 15 is 0 Å². The minimum Gasteiger partial charge on any atom is -0.465 e. The van der Waals surface area contributed by atoms with Gasteiger partial charge in [0.05, 0.1) is 6.61 Å². The Morgan fingerprint density at radius 1 is 0.800 bits per heavy atom. The minimum absolute atomic E-state index is 0.0733. The van der Waals surface area contributed by atoms with Crippen molar-refractivity contribution in [1.82, 2.24) is 0 Å². The summed E-state index contributed by atoms with van der Waals surface area (Å²) < 4.78 is 50.5. The third-order valence-corrected chi connectivity index (χ3v) is 5.42. The summed E-state index contributed by atoms with van der Waals surface area (Å²) in [4.78, 5) is 25.3. The number of carbonyl (C=O) groups excluding carboxylic acids is 2. The molecule has 170 valence electrons. The zero-order valence-corrected chi connectivity index (χ0v) is 18.2. The maximum atomic E-state index is 13.8. The molecule has 0 aliphatic carbocycles. The van der Waals surface area contributed by atoms with E-state index in [4.69, 9.17) is 9.47 Å². The molecular formula is C23H33F3O4. The van der Waals surface area contributed by atoms with Gasteiger partial charge < -0.3 is 9.47 Å². The van der Waals surface area contributed by atoms with E-state index in [0.29, 0.717) is 12.5 Å². The second kappa shape index (κ2) is 13.3. The first-order valence-corrected chi connectivity index (χ1v) is 10.9. The normalized spacial score (nSPS) is 11.4. The lowest BCUT2D eigenvalue weighted by molar-refractivity contribution is -0.168. The Hall–Kier alpha value is -2.05. The Labute approximate surface area is 177 Å². The first-order chi connectivity index (χ1) is 14.3. The monoisotopic (exact) mass is 430 g/mol. The summed E-state index contributed by atoms with van der Waals surface area (Å²) >= 11 is 0. The fourth-order valence-electron chi connectivity index (χ4n) is 3.23. The highest BCUT2D eigenvalue weighted by Gasteiger charge is 2.46. The largest absolute Gasteiger partial charge is 0.465 e. The van der Waals surface area contributed by atoms with E-state index in [0.717, 1.165) is 25.3 Å². The lowest BCUT2D eigenvalue weighted by atomic mass is 9.82. The first kappa shape index (κ1) is 26.0. The Balaban J connectivity index is 2.60. The van der Waals surface area contributed by atoms with Gasteiger partial charge in [0.1, 0.15) is 0 Å². The number of benzene rings is 1. The maximum Gasteiger partial charge on any atom is 0.328 e. The lowest BCUT2D eigenvalue weighted by Crippen LogP contribution is -2.42. The van der Waals surface area contributed by atoms with Gasteiger partial charge in [-0.05, 0) is 31.4 Å². The van der Waals surface area contributed by atoms with Crippen LogP contribution in [0.3, 0.4) is 0 Å². The van der Waals surface area contributed by atoms with Gasteiger partial charge in [0.15, 0.2) is 22.8 Å². The highest BCUT2D eigenvalue weighted by molar-refractivity contribution is 6.00. The molecule has 1 aromatic carbocycles. The highest BCUT2D eigenvalue weighted by Crippen LogP contribution is 2.32. The van der Waals surface area contributed by atoms with Crippen molar-refractivity contribution in [2.24, 2.45) is 5.41 Å². The van der Waals surface area contributed by atoms with E-state index < -0.39 is 40.6 Å². The van der Waals surface area contributed by atoms with Crippen LogP contribution in [0.2, 0.25) is 0 Å². The van der Waals surface area contributed by atoms with Crippen LogP contribution in [-0.4, -0.2) is 18.5 Å². The minimum atomic E-state index is -1.74. The molecule has 7 heteroatoms. The van der Waals surface area contributed by atoms with Crippen LogP contribution in [0.4, 0.5) is 13.2 Å². The summed E-state index contributed by atoms with van der Waals surface area (Å²) in [5.41, 5.74) is -1.63. The summed E-state index contributed by atoms with van der Waals surface area (Å²) in [5.74, 6) is -7.30. The van der Waals surface area contributed by atoms with E-state index in [-0.39, 0.29) is 19.4 Å². The van der Waals surface area contributed by atoms with Crippen LogP contribution < -0.4 is 4.74 Å². The summed E-state index contributed by atoms with van der Waals surface area (Å²) in [7, 11) is 0. The number of carbonyl (C=O) groups is 2. The van der Waals surface area contributed by atoms with Crippen molar-refractivity contribution in [3.8, 4) is 5.75 Å². The van der Waals surface area contributed by atoms with Crippen molar-refractivity contribution in [2.45, 2.75) is 85.0 Å². The molecule has 0 spiro atoms. The number of rotatable bonds is 14. The van der Waals surface area contributed by atoms with Gasteiger partial charge in [0, 0.05) is 0 Å². The van der Waals surface area contributed by atoms with Crippen LogP contribution in [0.1, 0.15) is 85.0 Å². The van der Waals surface area contributed by atoms with Crippen molar-refractivity contribution >= 4 is 11.9 Å². The van der Waals surface area contributed by atoms with Gasteiger partial charge in [-0.1, -0.05) is 65.7 Å². The Morgan fingerprint density at radius 2 is 1.37 bits per heavy atom. The molecule has 1 aromatic rings. The number of halogens is 3. The zero-order valence-electron chi connectivity index (χ0n) is 18.2. The van der Waals surface area contributed by atoms with E-state index in [2.05, 4.69) is 6.92 Å². The molecule has 0 aliphatic heterocycles. The number of esters is 2. The van der Waals surface area contributed by atoms with Crippen LogP contribution in [0.25, 0.3) is 0 Å². The molecule has 0 bridgehead atoms. The molecule has 0 saturated heterocycles. The average molecular weight is 431 g/mol. The third-order valence-electron chi connectivity index (χ3n) is 5.42. The van der Waals surface area contributed by atoms with Crippen molar-refractivity contribution in [1.29, 1.82) is 0 Å². The van der Waals surface area contributed by atoms with Gasteiger partial charge in [-0.15, -0.1) is 0 Å². The number of hydrogen-bond acceptors (Lipinski definition) is 4. The van der Waals surface area contributed by atoms with Crippen molar-refractivity contribution in [3.63, 3.8) is 0 Å². The number of unbranched alkanes of at least 4 members (excludes halogenated alkanes) is 7. The molecule has 0 saturated carbocycles. The van der Waals surface area contributed by atoms with Crippen LogP contribution in [-0.2, 0) is 14.3 Å². The van der Waals surface area contributed by atoms with Crippen molar-refractivity contribution in [2.75, 3.05) is 6.61 Å². The summed E-state index contributed by atoms with van der Waals surface area (Å²) in [6.07, 6.45) is 8.87. The predicted molar refractivity (Wildman–Crippen MR) is 109 cm³/mol. The average Bonchev–Trinajstić information content (AvgIpc) is 2.74. The van der Waals surface area contributed by atoms with Crippen LogP contribution in [0.15, 0.2) is 12.1 Å². The summed E-state index contributed by atoms with van der Waals surface area (Å²) in [6.45, 7) is 5.58. The third kappa shape index (κ3) is 7.03. The van der Waals surface area contributed by atoms with Gasteiger partial charge in [-0.2, -0.15) is 4.39 Å². The van der Waals surface area contributed by atoms with E-state index in [1.807, 2.05) is 0 Å². The lowest BCUT2D eigenvalue weighted by Gasteiger charge is -2.26. The molecule has 1 rings (SSSR count). The fourth-order valence-corrected chi connectivity index (χ4v) is 3.23. The van der Waals surface area contributed by atoms with E-state index in [1.54, 1.807) is 13.8 Å². The quantitative estimate of drug-likeness (QED) is 0.111. The summed E-state index contributed by atoms with van der Waals surface area (Å²) in [5, 5.41) is 0. The van der Waals surface area contributed by atoms with E-state index in [1.165, 1.54) is 25.7 Å². The van der Waals surface area contributed by atoms with Crippen molar-refractivity contribution in [3.05, 3.63) is 29.6 Å². The molecule has 0 atom stereocenters. The highest BCUT2D eigenvalue weighted by atomic mass is 19.2. The molecule has 0 N–H and O–H groups in total. The van der Waals surface area contributed by atoms with Crippen LogP contribution in [0, 0.1) is 22.9 Å². The second-order valence-corrected chi connectivity index (χ2v) is 7.46. The number of hydrogen-bond donors (Lipinski definition) is 0. The summed E-state index contributed by atoms with van der Waals surface area (Å²) in [6, 6.07) is 1.47. The van der Waals surface area contributed by atoms with Gasteiger partial charge in [-0.25, -0.2) is 8.78 Å². The van der Waals surface area contributed by atoms with Gasteiger partial charge in [0.25, 0.3) is 0 Å². The maximum absolute atomic E-state index is 13.8. The van der Waals surface area contributed by atoms with E-state index in [9.17, 15) is 22.8 Å². The molecule has 4 nitrogen and oxygen atoms in total. The number of ether oxygens (including phenoxy) is 2. The van der Waals surface area contributed by atoms with Crippen molar-refractivity contribution < 1.29 is 32.2 Å². The molecular weight excluding hydrogens is 397 g/mol. The van der Waals surface area contributed by atoms with Gasteiger partial charge in [0.2, 0.25) is 5.82 Å². The molecule has 0 unspecified atom stereocenters. The predicted octanol–water partition coefficient (Wildman–Crippen LogP) is 6.50. The molecule has 0 amide bonds. The fraction of sp³-hybridized carbons (Fsp3) is 0.652. The smallest absolute Gasteiger partial charge is 0.328 e. The Bertz CT molecular complexity index is 687.